The number of anilines is 1. The summed E-state index contributed by atoms with van der Waals surface area (Å²) < 4.78 is 24.7. The zero-order valence-corrected chi connectivity index (χ0v) is 15.9. The summed E-state index contributed by atoms with van der Waals surface area (Å²) in [5, 5.41) is 3.38. The quantitative estimate of drug-likeness (QED) is 0.853. The molecule has 4 nitrogen and oxygen atoms in total. The summed E-state index contributed by atoms with van der Waals surface area (Å²) >= 11 is 5.85. The number of sulfone groups is 1. The van der Waals surface area contributed by atoms with Gasteiger partial charge in [0.25, 0.3) is 0 Å². The Morgan fingerprint density at radius 2 is 1.69 bits per heavy atom. The van der Waals surface area contributed by atoms with E-state index in [0.29, 0.717) is 17.9 Å². The smallest absolute Gasteiger partial charge is 0.246 e. The highest BCUT2D eigenvalue weighted by Crippen LogP contribution is 2.48. The van der Waals surface area contributed by atoms with Crippen LogP contribution in [0.5, 0.6) is 0 Å². The van der Waals surface area contributed by atoms with Crippen molar-refractivity contribution in [2.75, 3.05) is 5.32 Å². The number of nitrogens with one attached hydrogen (secondary N) is 1. The molecule has 2 aromatic carbocycles. The van der Waals surface area contributed by atoms with Crippen molar-refractivity contribution >= 4 is 33.0 Å². The van der Waals surface area contributed by atoms with Crippen LogP contribution in [0.2, 0.25) is 5.02 Å². The van der Waals surface area contributed by atoms with Crippen LogP contribution in [-0.2, 0) is 27.5 Å². The minimum atomic E-state index is -3.76. The second-order valence-electron chi connectivity index (χ2n) is 7.06. The Kier molecular flexibility index (Phi) is 4.32. The van der Waals surface area contributed by atoms with Gasteiger partial charge in [-0.2, -0.15) is 0 Å². The molecule has 0 atom stereocenters. The minimum Gasteiger partial charge on any atom is -0.324 e. The van der Waals surface area contributed by atoms with Gasteiger partial charge in [0.15, 0.2) is 14.6 Å². The summed E-state index contributed by atoms with van der Waals surface area (Å²) in [7, 11) is -3.76. The number of hydrogen-bond acceptors (Lipinski definition) is 3. The van der Waals surface area contributed by atoms with E-state index in [1.165, 1.54) is 29.8 Å². The molecule has 2 aromatic rings. The zero-order chi connectivity index (χ0) is 18.4. The first-order valence-corrected chi connectivity index (χ1v) is 10.7. The number of fused-ring (bicyclic) bond motifs is 1. The fourth-order valence-corrected chi connectivity index (χ4v) is 5.71. The molecule has 2 aliphatic rings. The van der Waals surface area contributed by atoms with E-state index in [1.54, 1.807) is 0 Å². The summed E-state index contributed by atoms with van der Waals surface area (Å²) in [6.07, 6.45) is 4.86. The lowest BCUT2D eigenvalue weighted by Crippen LogP contribution is -2.37. The Balaban J connectivity index is 1.63. The molecule has 0 radical (unpaired) electrons. The average Bonchev–Trinajstić information content (AvgIpc) is 3.45. The van der Waals surface area contributed by atoms with Crippen molar-refractivity contribution in [1.82, 2.24) is 0 Å². The molecule has 0 unspecified atom stereocenters. The molecule has 26 heavy (non-hydrogen) atoms. The van der Waals surface area contributed by atoms with Gasteiger partial charge < -0.3 is 5.32 Å². The van der Waals surface area contributed by atoms with E-state index in [1.807, 2.05) is 12.1 Å². The number of hydrogen-bond donors (Lipinski definition) is 1. The molecular weight excluding hydrogens is 370 g/mol. The molecule has 0 saturated heterocycles. The molecule has 0 aliphatic heterocycles. The predicted octanol–water partition coefficient (Wildman–Crippen LogP) is 4.16. The van der Waals surface area contributed by atoms with Crippen molar-refractivity contribution in [2.45, 2.75) is 48.2 Å². The molecule has 0 bridgehead atoms. The molecule has 1 fully saturated rings. The second-order valence-corrected chi connectivity index (χ2v) is 9.75. The first-order chi connectivity index (χ1) is 12.4. The first-order valence-electron chi connectivity index (χ1n) is 8.86. The van der Waals surface area contributed by atoms with Crippen LogP contribution in [-0.4, -0.2) is 19.1 Å². The minimum absolute atomic E-state index is 0.143. The highest BCUT2D eigenvalue weighted by molar-refractivity contribution is 7.94. The molecule has 136 valence electrons. The molecule has 0 spiro atoms. The number of carbonyl (C=O) groups excluding carboxylic acids is 1. The van der Waals surface area contributed by atoms with E-state index in [9.17, 15) is 13.2 Å². The number of carbonyl (C=O) groups is 1. The standard InChI is InChI=1S/C20H20ClNO3S/c21-15-8-10-16(11-9-15)26(24,25)20(12-13-20)19(23)22-18-7-3-5-14-4-1-2-6-17(14)18/h3,5,7-11H,1-2,4,6,12-13H2,(H,22,23). The fraction of sp³-hybridized carbons (Fsp3) is 0.350. The zero-order valence-electron chi connectivity index (χ0n) is 14.3. The molecule has 0 aromatic heterocycles. The van der Waals surface area contributed by atoms with Crippen LogP contribution in [0.25, 0.3) is 0 Å². The van der Waals surface area contributed by atoms with Gasteiger partial charge in [0.1, 0.15) is 0 Å². The van der Waals surface area contributed by atoms with Gasteiger partial charge in [-0.3, -0.25) is 4.79 Å². The SMILES string of the molecule is O=C(Nc1cccc2c1CCCC2)C1(S(=O)(=O)c2ccc(Cl)cc2)CC1. The van der Waals surface area contributed by atoms with Crippen LogP contribution in [0, 0.1) is 0 Å². The number of rotatable bonds is 4. The van der Waals surface area contributed by atoms with Crippen molar-refractivity contribution in [3.63, 3.8) is 0 Å². The van der Waals surface area contributed by atoms with Crippen LogP contribution in [0.1, 0.15) is 36.8 Å². The predicted molar refractivity (Wildman–Crippen MR) is 102 cm³/mol. The van der Waals surface area contributed by atoms with Crippen LogP contribution in [0.15, 0.2) is 47.4 Å². The van der Waals surface area contributed by atoms with Crippen LogP contribution < -0.4 is 5.32 Å². The normalized spacial score (nSPS) is 18.0. The Morgan fingerprint density at radius 1 is 1.00 bits per heavy atom. The highest BCUT2D eigenvalue weighted by Gasteiger charge is 2.61. The number of amides is 1. The molecule has 1 N–H and O–H groups in total. The lowest BCUT2D eigenvalue weighted by Gasteiger charge is -2.22. The maximum absolute atomic E-state index is 13.0. The summed E-state index contributed by atoms with van der Waals surface area (Å²) in [4.78, 5) is 13.1. The van der Waals surface area contributed by atoms with Gasteiger partial charge in [0.2, 0.25) is 5.91 Å². The van der Waals surface area contributed by atoms with E-state index < -0.39 is 20.5 Å². The Labute approximate surface area is 158 Å². The number of aryl methyl sites for hydroxylation is 1. The van der Waals surface area contributed by atoms with Crippen molar-refractivity contribution in [3.8, 4) is 0 Å². The first kappa shape index (κ1) is 17.6. The maximum Gasteiger partial charge on any atom is 0.246 e. The molecular formula is C20H20ClNO3S. The lowest BCUT2D eigenvalue weighted by molar-refractivity contribution is -0.116. The van der Waals surface area contributed by atoms with E-state index in [0.717, 1.165) is 36.9 Å². The third-order valence-corrected chi connectivity index (χ3v) is 8.17. The highest BCUT2D eigenvalue weighted by atomic mass is 35.5. The third kappa shape index (κ3) is 2.83. The Morgan fingerprint density at radius 3 is 2.38 bits per heavy atom. The largest absolute Gasteiger partial charge is 0.324 e. The van der Waals surface area contributed by atoms with Crippen molar-refractivity contribution in [1.29, 1.82) is 0 Å². The van der Waals surface area contributed by atoms with E-state index in [-0.39, 0.29) is 4.90 Å². The van der Waals surface area contributed by atoms with E-state index in [2.05, 4.69) is 11.4 Å². The molecule has 1 amide bonds. The summed E-state index contributed by atoms with van der Waals surface area (Å²) in [6, 6.07) is 11.9. The van der Waals surface area contributed by atoms with Gasteiger partial charge in [-0.15, -0.1) is 0 Å². The van der Waals surface area contributed by atoms with Crippen molar-refractivity contribution < 1.29 is 13.2 Å². The molecule has 0 heterocycles. The van der Waals surface area contributed by atoms with Crippen molar-refractivity contribution in [3.05, 3.63) is 58.6 Å². The third-order valence-electron chi connectivity index (χ3n) is 5.40. The number of benzene rings is 2. The Hall–Kier alpha value is -1.85. The van der Waals surface area contributed by atoms with Crippen LogP contribution in [0.4, 0.5) is 5.69 Å². The summed E-state index contributed by atoms with van der Waals surface area (Å²) in [5.41, 5.74) is 3.15. The topological polar surface area (TPSA) is 63.2 Å². The van der Waals surface area contributed by atoms with Crippen molar-refractivity contribution in [2.24, 2.45) is 0 Å². The van der Waals surface area contributed by atoms with E-state index >= 15 is 0 Å². The molecule has 2 aliphatic carbocycles. The lowest BCUT2D eigenvalue weighted by atomic mass is 9.90. The summed E-state index contributed by atoms with van der Waals surface area (Å²) in [6.45, 7) is 0. The number of halogens is 1. The van der Waals surface area contributed by atoms with E-state index in [4.69, 9.17) is 11.6 Å². The molecule has 4 rings (SSSR count). The van der Waals surface area contributed by atoms with Gasteiger partial charge in [0, 0.05) is 10.7 Å². The van der Waals surface area contributed by atoms with Gasteiger partial charge in [-0.1, -0.05) is 23.7 Å². The van der Waals surface area contributed by atoms with Gasteiger partial charge in [-0.05, 0) is 80.0 Å². The van der Waals surface area contributed by atoms with Crippen LogP contribution >= 0.6 is 11.6 Å². The molecule has 1 saturated carbocycles. The van der Waals surface area contributed by atoms with Gasteiger partial charge >= 0.3 is 0 Å². The molecule has 6 heteroatoms. The monoisotopic (exact) mass is 389 g/mol. The Bertz CT molecular complexity index is 963. The average molecular weight is 390 g/mol. The summed E-state index contributed by atoms with van der Waals surface area (Å²) in [5.74, 6) is -0.425. The fourth-order valence-electron chi connectivity index (χ4n) is 3.71. The van der Waals surface area contributed by atoms with Gasteiger partial charge in [-0.25, -0.2) is 8.42 Å². The van der Waals surface area contributed by atoms with Gasteiger partial charge in [0.05, 0.1) is 4.90 Å². The van der Waals surface area contributed by atoms with Crippen LogP contribution in [0.3, 0.4) is 0 Å². The maximum atomic E-state index is 13.0. The second kappa shape index (κ2) is 6.39.